The molecule has 1 aromatic rings. The molecule has 2 unspecified atom stereocenters. The van der Waals surface area contributed by atoms with Crippen LogP contribution in [0.25, 0.3) is 0 Å². The van der Waals surface area contributed by atoms with Crippen LogP contribution in [0.5, 0.6) is 5.75 Å². The van der Waals surface area contributed by atoms with Crippen molar-refractivity contribution in [3.8, 4) is 5.75 Å². The van der Waals surface area contributed by atoms with Gasteiger partial charge in [-0.2, -0.15) is 0 Å². The maximum atomic E-state index is 10.8. The van der Waals surface area contributed by atoms with Crippen LogP contribution < -0.4 is 4.74 Å². The summed E-state index contributed by atoms with van der Waals surface area (Å²) >= 11 is 3.51. The molecule has 0 aromatic heterocycles. The summed E-state index contributed by atoms with van der Waals surface area (Å²) in [5, 5.41) is 10.8. The van der Waals surface area contributed by atoms with E-state index in [1.54, 1.807) is 7.11 Å². The quantitative estimate of drug-likeness (QED) is 0.902. The molecule has 0 bridgehead atoms. The Balaban J connectivity index is 2.13. The van der Waals surface area contributed by atoms with Crippen molar-refractivity contribution in [1.29, 1.82) is 0 Å². The lowest BCUT2D eigenvalue weighted by Gasteiger charge is -2.39. The molecule has 0 saturated heterocycles. The van der Waals surface area contributed by atoms with Crippen LogP contribution in [0.1, 0.15) is 38.7 Å². The standard InChI is InChI=1S/C16H23BrO2/c1-11-6-12(2)9-16(18,8-11)10-13-4-5-15(19-3)14(17)7-13/h4-5,7,11-12,18H,6,8-10H2,1-3H3. The van der Waals surface area contributed by atoms with Crippen molar-refractivity contribution in [3.05, 3.63) is 28.2 Å². The van der Waals surface area contributed by atoms with E-state index in [0.717, 1.165) is 35.0 Å². The van der Waals surface area contributed by atoms with Crippen LogP contribution in [0.3, 0.4) is 0 Å². The Labute approximate surface area is 124 Å². The van der Waals surface area contributed by atoms with Gasteiger partial charge in [-0.15, -0.1) is 0 Å². The molecule has 1 fully saturated rings. The van der Waals surface area contributed by atoms with Crippen LogP contribution in [0.2, 0.25) is 0 Å². The van der Waals surface area contributed by atoms with Crippen LogP contribution in [0, 0.1) is 11.8 Å². The van der Waals surface area contributed by atoms with E-state index in [9.17, 15) is 5.11 Å². The summed E-state index contributed by atoms with van der Waals surface area (Å²) in [5.74, 6) is 2.05. The first kappa shape index (κ1) is 14.9. The second-order valence-electron chi connectivity index (χ2n) is 6.22. The van der Waals surface area contributed by atoms with Crippen LogP contribution >= 0.6 is 15.9 Å². The fourth-order valence-corrected chi connectivity index (χ4v) is 4.17. The summed E-state index contributed by atoms with van der Waals surface area (Å²) in [6.45, 7) is 4.48. The van der Waals surface area contributed by atoms with Gasteiger partial charge in [-0.1, -0.05) is 19.9 Å². The number of hydrogen-bond acceptors (Lipinski definition) is 2. The summed E-state index contributed by atoms with van der Waals surface area (Å²) in [6.07, 6.45) is 3.76. The molecule has 3 heteroatoms. The van der Waals surface area contributed by atoms with Crippen LogP contribution in [0.4, 0.5) is 0 Å². The maximum absolute atomic E-state index is 10.8. The largest absolute Gasteiger partial charge is 0.496 e. The zero-order valence-electron chi connectivity index (χ0n) is 11.9. The fourth-order valence-electron chi connectivity index (χ4n) is 3.58. The third-order valence-corrected chi connectivity index (χ3v) is 4.63. The number of hydrogen-bond donors (Lipinski definition) is 1. The third kappa shape index (κ3) is 3.73. The van der Waals surface area contributed by atoms with E-state index >= 15 is 0 Å². The highest BCUT2D eigenvalue weighted by atomic mass is 79.9. The molecule has 2 rings (SSSR count). The van der Waals surface area contributed by atoms with Gasteiger partial charge < -0.3 is 9.84 Å². The van der Waals surface area contributed by atoms with Crippen molar-refractivity contribution < 1.29 is 9.84 Å². The average molecular weight is 327 g/mol. The van der Waals surface area contributed by atoms with Gasteiger partial charge >= 0.3 is 0 Å². The van der Waals surface area contributed by atoms with Crippen LogP contribution in [0.15, 0.2) is 22.7 Å². The van der Waals surface area contributed by atoms with E-state index < -0.39 is 5.60 Å². The topological polar surface area (TPSA) is 29.5 Å². The fraction of sp³-hybridized carbons (Fsp3) is 0.625. The SMILES string of the molecule is COc1ccc(CC2(O)CC(C)CC(C)C2)cc1Br. The first-order valence-corrected chi connectivity index (χ1v) is 7.76. The minimum Gasteiger partial charge on any atom is -0.496 e. The molecule has 1 aromatic carbocycles. The Morgan fingerprint density at radius 3 is 2.47 bits per heavy atom. The predicted molar refractivity (Wildman–Crippen MR) is 81.5 cm³/mol. The lowest BCUT2D eigenvalue weighted by Crippen LogP contribution is -2.39. The first-order valence-electron chi connectivity index (χ1n) is 6.96. The lowest BCUT2D eigenvalue weighted by molar-refractivity contribution is -0.0304. The van der Waals surface area contributed by atoms with E-state index in [-0.39, 0.29) is 0 Å². The van der Waals surface area contributed by atoms with Gasteiger partial charge in [0.25, 0.3) is 0 Å². The molecule has 1 aliphatic rings. The van der Waals surface area contributed by atoms with Crippen LogP contribution in [-0.2, 0) is 6.42 Å². The zero-order chi connectivity index (χ0) is 14.0. The van der Waals surface area contributed by atoms with Crippen molar-refractivity contribution >= 4 is 15.9 Å². The number of aliphatic hydroxyl groups is 1. The zero-order valence-corrected chi connectivity index (χ0v) is 13.5. The van der Waals surface area contributed by atoms with Gasteiger partial charge in [0.05, 0.1) is 17.2 Å². The van der Waals surface area contributed by atoms with E-state index in [2.05, 4.69) is 35.8 Å². The average Bonchev–Trinajstić information content (AvgIpc) is 2.26. The number of halogens is 1. The molecule has 0 heterocycles. The third-order valence-electron chi connectivity index (χ3n) is 4.01. The highest BCUT2D eigenvalue weighted by Gasteiger charge is 2.36. The van der Waals surface area contributed by atoms with Crippen LogP contribution in [-0.4, -0.2) is 17.8 Å². The highest BCUT2D eigenvalue weighted by Crippen LogP contribution is 2.38. The van der Waals surface area contributed by atoms with Gasteiger partial charge in [0, 0.05) is 6.42 Å². The summed E-state index contributed by atoms with van der Waals surface area (Å²) < 4.78 is 6.19. The summed E-state index contributed by atoms with van der Waals surface area (Å²) in [5.41, 5.74) is 0.613. The molecule has 2 nitrogen and oxygen atoms in total. The smallest absolute Gasteiger partial charge is 0.133 e. The van der Waals surface area contributed by atoms with E-state index in [1.165, 1.54) is 6.42 Å². The molecule has 1 saturated carbocycles. The number of rotatable bonds is 3. The van der Waals surface area contributed by atoms with Crippen molar-refractivity contribution in [2.45, 2.75) is 45.1 Å². The summed E-state index contributed by atoms with van der Waals surface area (Å²) in [4.78, 5) is 0. The van der Waals surface area contributed by atoms with E-state index in [1.807, 2.05) is 12.1 Å². The Morgan fingerprint density at radius 1 is 1.32 bits per heavy atom. The Bertz CT molecular complexity index is 434. The highest BCUT2D eigenvalue weighted by molar-refractivity contribution is 9.10. The van der Waals surface area contributed by atoms with Gasteiger partial charge in [0.2, 0.25) is 0 Å². The summed E-state index contributed by atoms with van der Waals surface area (Å²) in [7, 11) is 1.66. The Kier molecular flexibility index (Phi) is 4.57. The van der Waals surface area contributed by atoms with Gasteiger partial charge in [-0.25, -0.2) is 0 Å². The summed E-state index contributed by atoms with van der Waals surface area (Å²) in [6, 6.07) is 6.06. The molecule has 19 heavy (non-hydrogen) atoms. The number of ether oxygens (including phenoxy) is 1. The Morgan fingerprint density at radius 2 is 1.95 bits per heavy atom. The minimum absolute atomic E-state index is 0.550. The van der Waals surface area contributed by atoms with Gasteiger partial charge in [-0.05, 0) is 64.7 Å². The first-order chi connectivity index (χ1) is 8.92. The molecule has 1 aliphatic carbocycles. The number of methoxy groups -OCH3 is 1. The predicted octanol–water partition coefficient (Wildman–Crippen LogP) is 4.19. The molecule has 0 radical (unpaired) electrons. The second-order valence-corrected chi connectivity index (χ2v) is 7.08. The van der Waals surface area contributed by atoms with Crippen molar-refractivity contribution in [2.75, 3.05) is 7.11 Å². The number of benzene rings is 1. The molecular formula is C16H23BrO2. The molecular weight excluding hydrogens is 304 g/mol. The maximum Gasteiger partial charge on any atom is 0.133 e. The molecule has 1 N–H and O–H groups in total. The lowest BCUT2D eigenvalue weighted by atomic mass is 9.71. The normalized spacial score (nSPS) is 31.2. The van der Waals surface area contributed by atoms with Crippen molar-refractivity contribution in [3.63, 3.8) is 0 Å². The van der Waals surface area contributed by atoms with Gasteiger partial charge in [0.1, 0.15) is 5.75 Å². The van der Waals surface area contributed by atoms with Gasteiger partial charge in [-0.3, -0.25) is 0 Å². The van der Waals surface area contributed by atoms with Crippen molar-refractivity contribution in [1.82, 2.24) is 0 Å². The molecule has 2 atom stereocenters. The molecule has 0 aliphatic heterocycles. The molecule has 106 valence electrons. The van der Waals surface area contributed by atoms with E-state index in [4.69, 9.17) is 4.74 Å². The second kappa shape index (κ2) is 5.84. The Hall–Kier alpha value is -0.540. The minimum atomic E-state index is -0.550. The monoisotopic (exact) mass is 326 g/mol. The molecule has 0 amide bonds. The van der Waals surface area contributed by atoms with Gasteiger partial charge in [0.15, 0.2) is 0 Å². The van der Waals surface area contributed by atoms with E-state index in [0.29, 0.717) is 11.8 Å². The van der Waals surface area contributed by atoms with Crippen molar-refractivity contribution in [2.24, 2.45) is 11.8 Å². The molecule has 0 spiro atoms.